The third kappa shape index (κ3) is 5.01. The maximum Gasteiger partial charge on any atom is 0.162 e. The average Bonchev–Trinajstić information content (AvgIpc) is 2.35. The first-order chi connectivity index (χ1) is 8.52. The Bertz CT molecular complexity index is 384. The molecule has 0 bridgehead atoms. The van der Waals surface area contributed by atoms with E-state index < -0.39 is 0 Å². The predicted molar refractivity (Wildman–Crippen MR) is 76.8 cm³/mol. The highest BCUT2D eigenvalue weighted by molar-refractivity contribution is 5.96. The van der Waals surface area contributed by atoms with E-state index in [-0.39, 0.29) is 5.78 Å². The number of carbonyl (C=O) groups excluding carboxylic acids is 1. The van der Waals surface area contributed by atoms with Gasteiger partial charge in [-0.2, -0.15) is 0 Å². The lowest BCUT2D eigenvalue weighted by atomic mass is 9.96. The summed E-state index contributed by atoms with van der Waals surface area (Å²) in [6.45, 7) is 7.12. The van der Waals surface area contributed by atoms with Gasteiger partial charge in [0.25, 0.3) is 0 Å². The minimum atomic E-state index is 0.237. The monoisotopic (exact) mass is 247 g/mol. The van der Waals surface area contributed by atoms with Crippen LogP contribution in [0.2, 0.25) is 0 Å². The van der Waals surface area contributed by atoms with Gasteiger partial charge in [0.05, 0.1) is 0 Å². The molecular weight excluding hydrogens is 222 g/mol. The van der Waals surface area contributed by atoms with Crippen LogP contribution in [-0.2, 0) is 6.42 Å². The SMILES string of the molecule is CC(C)Cc1cccc(C(=O)CCC(C)CN)c1. The average molecular weight is 247 g/mol. The molecule has 1 aromatic carbocycles. The molecule has 1 rings (SSSR count). The molecule has 2 N–H and O–H groups in total. The second-order valence-corrected chi connectivity index (χ2v) is 5.60. The number of Topliss-reactive ketones (excluding diaryl/α,β-unsaturated/α-hetero) is 1. The number of hydrogen-bond acceptors (Lipinski definition) is 2. The van der Waals surface area contributed by atoms with E-state index in [1.807, 2.05) is 18.2 Å². The molecule has 0 aliphatic carbocycles. The Hall–Kier alpha value is -1.15. The molecule has 0 aromatic heterocycles. The summed E-state index contributed by atoms with van der Waals surface area (Å²) in [5, 5.41) is 0. The van der Waals surface area contributed by atoms with Gasteiger partial charge < -0.3 is 5.73 Å². The van der Waals surface area contributed by atoms with Gasteiger partial charge in [-0.3, -0.25) is 4.79 Å². The quantitative estimate of drug-likeness (QED) is 0.750. The van der Waals surface area contributed by atoms with E-state index in [0.717, 1.165) is 18.4 Å². The fourth-order valence-corrected chi connectivity index (χ4v) is 1.98. The van der Waals surface area contributed by atoms with Gasteiger partial charge in [-0.05, 0) is 42.9 Å². The predicted octanol–water partition coefficient (Wildman–Crippen LogP) is 3.44. The van der Waals surface area contributed by atoms with Crippen LogP contribution in [-0.4, -0.2) is 12.3 Å². The number of ketones is 1. The van der Waals surface area contributed by atoms with Gasteiger partial charge in [0.15, 0.2) is 5.78 Å². The summed E-state index contributed by atoms with van der Waals surface area (Å²) >= 11 is 0. The number of hydrogen-bond donors (Lipinski definition) is 1. The smallest absolute Gasteiger partial charge is 0.162 e. The zero-order valence-electron chi connectivity index (χ0n) is 11.8. The Morgan fingerprint density at radius 3 is 2.61 bits per heavy atom. The number of nitrogens with two attached hydrogens (primary N) is 1. The van der Waals surface area contributed by atoms with Gasteiger partial charge in [0.1, 0.15) is 0 Å². The van der Waals surface area contributed by atoms with Crippen LogP contribution in [0, 0.1) is 11.8 Å². The highest BCUT2D eigenvalue weighted by Gasteiger charge is 2.09. The third-order valence-corrected chi connectivity index (χ3v) is 3.16. The standard InChI is InChI=1S/C16H25NO/c1-12(2)9-14-5-4-6-15(10-14)16(18)8-7-13(3)11-17/h4-6,10,12-13H,7-9,11,17H2,1-3H3. The minimum absolute atomic E-state index is 0.237. The van der Waals surface area contributed by atoms with Crippen molar-refractivity contribution in [2.24, 2.45) is 17.6 Å². The highest BCUT2D eigenvalue weighted by Crippen LogP contribution is 2.14. The summed E-state index contributed by atoms with van der Waals surface area (Å²) in [7, 11) is 0. The van der Waals surface area contributed by atoms with Crippen LogP contribution in [0.5, 0.6) is 0 Å². The molecule has 100 valence electrons. The van der Waals surface area contributed by atoms with E-state index in [1.165, 1.54) is 5.56 Å². The number of carbonyl (C=O) groups is 1. The fraction of sp³-hybridized carbons (Fsp3) is 0.562. The summed E-state index contributed by atoms with van der Waals surface area (Å²) in [6, 6.07) is 8.03. The van der Waals surface area contributed by atoms with E-state index in [2.05, 4.69) is 26.8 Å². The second-order valence-electron chi connectivity index (χ2n) is 5.60. The van der Waals surface area contributed by atoms with E-state index in [4.69, 9.17) is 5.73 Å². The molecule has 1 unspecified atom stereocenters. The van der Waals surface area contributed by atoms with Gasteiger partial charge in [-0.25, -0.2) is 0 Å². The van der Waals surface area contributed by atoms with E-state index in [9.17, 15) is 4.79 Å². The number of benzene rings is 1. The molecule has 2 heteroatoms. The molecule has 0 saturated heterocycles. The van der Waals surface area contributed by atoms with Crippen molar-refractivity contribution in [3.8, 4) is 0 Å². The lowest BCUT2D eigenvalue weighted by Gasteiger charge is -2.09. The zero-order chi connectivity index (χ0) is 13.5. The van der Waals surface area contributed by atoms with E-state index in [1.54, 1.807) is 0 Å². The van der Waals surface area contributed by atoms with Crippen molar-refractivity contribution >= 4 is 5.78 Å². The molecule has 18 heavy (non-hydrogen) atoms. The van der Waals surface area contributed by atoms with Crippen molar-refractivity contribution in [3.05, 3.63) is 35.4 Å². The first-order valence-corrected chi connectivity index (χ1v) is 6.85. The lowest BCUT2D eigenvalue weighted by molar-refractivity contribution is 0.0975. The largest absolute Gasteiger partial charge is 0.330 e. The lowest BCUT2D eigenvalue weighted by Crippen LogP contribution is -2.12. The molecule has 0 heterocycles. The van der Waals surface area contributed by atoms with Gasteiger partial charge in [0.2, 0.25) is 0 Å². The van der Waals surface area contributed by atoms with Crippen LogP contribution in [0.3, 0.4) is 0 Å². The van der Waals surface area contributed by atoms with Crippen molar-refractivity contribution < 1.29 is 4.79 Å². The number of rotatable bonds is 7. The highest BCUT2D eigenvalue weighted by atomic mass is 16.1. The molecule has 1 aromatic rings. The van der Waals surface area contributed by atoms with Gasteiger partial charge in [0, 0.05) is 12.0 Å². The zero-order valence-corrected chi connectivity index (χ0v) is 11.8. The summed E-state index contributed by atoms with van der Waals surface area (Å²) in [5.74, 6) is 1.28. The van der Waals surface area contributed by atoms with Crippen LogP contribution in [0.4, 0.5) is 0 Å². The van der Waals surface area contributed by atoms with Crippen LogP contribution in [0.25, 0.3) is 0 Å². The van der Waals surface area contributed by atoms with Crippen LogP contribution >= 0.6 is 0 Å². The van der Waals surface area contributed by atoms with Crippen LogP contribution in [0.1, 0.15) is 49.5 Å². The molecule has 0 aliphatic heterocycles. The molecule has 0 radical (unpaired) electrons. The molecule has 2 nitrogen and oxygen atoms in total. The van der Waals surface area contributed by atoms with Crippen molar-refractivity contribution in [2.45, 2.75) is 40.0 Å². The normalized spacial score (nSPS) is 12.7. The van der Waals surface area contributed by atoms with Gasteiger partial charge >= 0.3 is 0 Å². The molecule has 0 fully saturated rings. The van der Waals surface area contributed by atoms with E-state index >= 15 is 0 Å². The third-order valence-electron chi connectivity index (χ3n) is 3.16. The Morgan fingerprint density at radius 1 is 1.28 bits per heavy atom. The van der Waals surface area contributed by atoms with Crippen molar-refractivity contribution in [1.82, 2.24) is 0 Å². The van der Waals surface area contributed by atoms with Gasteiger partial charge in [-0.15, -0.1) is 0 Å². The summed E-state index contributed by atoms with van der Waals surface area (Å²) in [5.41, 5.74) is 7.66. The molecule has 0 spiro atoms. The van der Waals surface area contributed by atoms with Crippen molar-refractivity contribution in [1.29, 1.82) is 0 Å². The molecule has 1 atom stereocenters. The molecule has 0 saturated carbocycles. The minimum Gasteiger partial charge on any atom is -0.330 e. The van der Waals surface area contributed by atoms with Crippen LogP contribution < -0.4 is 5.73 Å². The van der Waals surface area contributed by atoms with Crippen LogP contribution in [0.15, 0.2) is 24.3 Å². The molecular formula is C16H25NO. The Kier molecular flexibility index (Phi) is 6.06. The second kappa shape index (κ2) is 7.32. The topological polar surface area (TPSA) is 43.1 Å². The summed E-state index contributed by atoms with van der Waals surface area (Å²) < 4.78 is 0. The van der Waals surface area contributed by atoms with E-state index in [0.29, 0.717) is 24.8 Å². The first kappa shape index (κ1) is 14.9. The first-order valence-electron chi connectivity index (χ1n) is 6.85. The fourth-order valence-electron chi connectivity index (χ4n) is 1.98. The molecule has 0 amide bonds. The van der Waals surface area contributed by atoms with Crippen molar-refractivity contribution in [3.63, 3.8) is 0 Å². The Morgan fingerprint density at radius 2 is 2.00 bits per heavy atom. The molecule has 0 aliphatic rings. The Balaban J connectivity index is 2.62. The van der Waals surface area contributed by atoms with Crippen molar-refractivity contribution in [2.75, 3.05) is 6.54 Å². The summed E-state index contributed by atoms with van der Waals surface area (Å²) in [6.07, 6.45) is 2.51. The maximum atomic E-state index is 12.1. The Labute approximate surface area is 111 Å². The van der Waals surface area contributed by atoms with Gasteiger partial charge in [-0.1, -0.05) is 39.0 Å². The summed E-state index contributed by atoms with van der Waals surface area (Å²) in [4.78, 5) is 12.1. The maximum absolute atomic E-state index is 12.1.